The molecule has 0 saturated heterocycles. The van der Waals surface area contributed by atoms with Crippen molar-refractivity contribution >= 4 is 16.6 Å². The van der Waals surface area contributed by atoms with Crippen molar-refractivity contribution < 1.29 is 0 Å². The summed E-state index contributed by atoms with van der Waals surface area (Å²) in [6, 6.07) is 16.3. The molecule has 3 heteroatoms. The second kappa shape index (κ2) is 5.16. The summed E-state index contributed by atoms with van der Waals surface area (Å²) in [7, 11) is 0. The highest BCUT2D eigenvalue weighted by molar-refractivity contribution is 5.82. The lowest BCUT2D eigenvalue weighted by atomic mass is 10.1. The molecule has 0 unspecified atom stereocenters. The van der Waals surface area contributed by atoms with E-state index in [4.69, 9.17) is 5.73 Å². The van der Waals surface area contributed by atoms with Gasteiger partial charge in [-0.15, -0.1) is 0 Å². The minimum absolute atomic E-state index is 0.811. The molecule has 2 aromatic carbocycles. The molecular formula is C16H17N3. The summed E-state index contributed by atoms with van der Waals surface area (Å²) in [6.45, 7) is 1.67. The van der Waals surface area contributed by atoms with Gasteiger partial charge in [0.25, 0.3) is 0 Å². The van der Waals surface area contributed by atoms with Crippen molar-refractivity contribution in [2.24, 2.45) is 0 Å². The number of hydrogen-bond acceptors (Lipinski definition) is 2. The van der Waals surface area contributed by atoms with Gasteiger partial charge in [-0.2, -0.15) is 0 Å². The van der Waals surface area contributed by atoms with E-state index < -0.39 is 0 Å². The van der Waals surface area contributed by atoms with Gasteiger partial charge in [0.1, 0.15) is 0 Å². The largest absolute Gasteiger partial charge is 0.399 e. The van der Waals surface area contributed by atoms with Gasteiger partial charge < -0.3 is 16.0 Å². The predicted octanol–water partition coefficient (Wildman–Crippen LogP) is 3.04. The van der Waals surface area contributed by atoms with Crippen molar-refractivity contribution in [3.63, 3.8) is 0 Å². The number of hydrogen-bond donors (Lipinski definition) is 3. The zero-order chi connectivity index (χ0) is 13.1. The zero-order valence-corrected chi connectivity index (χ0v) is 10.7. The van der Waals surface area contributed by atoms with Crippen LogP contribution in [0.1, 0.15) is 11.1 Å². The topological polar surface area (TPSA) is 53.8 Å². The molecule has 0 saturated carbocycles. The van der Waals surface area contributed by atoms with Crippen LogP contribution in [0.2, 0.25) is 0 Å². The lowest BCUT2D eigenvalue weighted by molar-refractivity contribution is 0.696. The monoisotopic (exact) mass is 251 g/mol. The zero-order valence-electron chi connectivity index (χ0n) is 10.7. The highest BCUT2D eigenvalue weighted by Gasteiger charge is 2.02. The second-order valence-electron chi connectivity index (χ2n) is 4.71. The Hall–Kier alpha value is -2.26. The Morgan fingerprint density at radius 2 is 1.89 bits per heavy atom. The summed E-state index contributed by atoms with van der Waals surface area (Å²) < 4.78 is 0. The van der Waals surface area contributed by atoms with E-state index in [9.17, 15) is 0 Å². The molecular weight excluding hydrogens is 234 g/mol. The molecule has 1 heterocycles. The molecule has 0 atom stereocenters. The molecule has 96 valence electrons. The summed E-state index contributed by atoms with van der Waals surface area (Å²) in [5, 5.41) is 4.73. The molecule has 0 aliphatic rings. The van der Waals surface area contributed by atoms with Crippen molar-refractivity contribution in [1.29, 1.82) is 0 Å². The van der Waals surface area contributed by atoms with Crippen LogP contribution in [0.3, 0.4) is 0 Å². The van der Waals surface area contributed by atoms with Gasteiger partial charge in [-0.05, 0) is 29.3 Å². The van der Waals surface area contributed by atoms with Gasteiger partial charge in [0, 0.05) is 35.9 Å². The summed E-state index contributed by atoms with van der Waals surface area (Å²) in [5.74, 6) is 0. The Kier molecular flexibility index (Phi) is 3.21. The fourth-order valence-electron chi connectivity index (χ4n) is 2.32. The van der Waals surface area contributed by atoms with E-state index in [1.807, 2.05) is 24.3 Å². The molecule has 19 heavy (non-hydrogen) atoms. The Balaban J connectivity index is 1.66. The van der Waals surface area contributed by atoms with Gasteiger partial charge in [-0.3, -0.25) is 0 Å². The van der Waals surface area contributed by atoms with E-state index in [2.05, 4.69) is 40.8 Å². The average molecular weight is 251 g/mol. The molecule has 0 aliphatic heterocycles. The number of nitrogens with two attached hydrogens (primary N) is 1. The average Bonchev–Trinajstić information content (AvgIpc) is 2.83. The third-order valence-corrected chi connectivity index (χ3v) is 3.27. The predicted molar refractivity (Wildman–Crippen MR) is 79.7 cm³/mol. The van der Waals surface area contributed by atoms with Gasteiger partial charge in [-0.1, -0.05) is 30.3 Å². The number of rotatable bonds is 4. The molecule has 4 N–H and O–H groups in total. The molecule has 0 radical (unpaired) electrons. The summed E-state index contributed by atoms with van der Waals surface area (Å²) in [6.07, 6.45) is 2.07. The molecule has 0 spiro atoms. The lowest BCUT2D eigenvalue weighted by Crippen LogP contribution is -2.12. The van der Waals surface area contributed by atoms with Gasteiger partial charge >= 0.3 is 0 Å². The molecule has 0 aliphatic carbocycles. The smallest absolute Gasteiger partial charge is 0.0457 e. The molecule has 3 rings (SSSR count). The van der Waals surface area contributed by atoms with Crippen molar-refractivity contribution in [2.75, 3.05) is 5.73 Å². The number of aromatic nitrogens is 1. The van der Waals surface area contributed by atoms with Crippen LogP contribution in [0.25, 0.3) is 10.9 Å². The van der Waals surface area contributed by atoms with Crippen LogP contribution >= 0.6 is 0 Å². The number of nitrogen functional groups attached to an aromatic ring is 1. The number of benzene rings is 2. The van der Waals surface area contributed by atoms with E-state index in [0.717, 1.165) is 18.8 Å². The first-order valence-corrected chi connectivity index (χ1v) is 6.43. The molecule has 1 aromatic heterocycles. The second-order valence-corrected chi connectivity index (χ2v) is 4.71. The molecule has 0 amide bonds. The molecule has 3 aromatic rings. The number of para-hydroxylation sites is 1. The van der Waals surface area contributed by atoms with Crippen LogP contribution in [0.4, 0.5) is 5.69 Å². The van der Waals surface area contributed by atoms with Crippen LogP contribution in [-0.2, 0) is 13.1 Å². The third-order valence-electron chi connectivity index (χ3n) is 3.27. The van der Waals surface area contributed by atoms with Crippen molar-refractivity contribution in [2.45, 2.75) is 13.1 Å². The van der Waals surface area contributed by atoms with E-state index in [1.54, 1.807) is 0 Å². The number of H-pyrrole nitrogens is 1. The third kappa shape index (κ3) is 2.61. The maximum atomic E-state index is 5.77. The number of fused-ring (bicyclic) bond motifs is 1. The standard InChI is InChI=1S/C16H17N3/c17-14-5-3-4-12(8-14)9-18-10-13-11-19-16-7-2-1-6-15(13)16/h1-8,11,18-19H,9-10,17H2. The minimum atomic E-state index is 0.811. The Labute approximate surface area is 112 Å². The number of nitrogens with one attached hydrogen (secondary N) is 2. The van der Waals surface area contributed by atoms with Gasteiger partial charge in [-0.25, -0.2) is 0 Å². The highest BCUT2D eigenvalue weighted by Crippen LogP contribution is 2.17. The van der Waals surface area contributed by atoms with Crippen LogP contribution < -0.4 is 11.1 Å². The Morgan fingerprint density at radius 1 is 1.00 bits per heavy atom. The van der Waals surface area contributed by atoms with Crippen LogP contribution in [0.15, 0.2) is 54.7 Å². The molecule has 0 fully saturated rings. The summed E-state index contributed by atoms with van der Waals surface area (Å²) in [5.41, 5.74) is 10.3. The first kappa shape index (κ1) is 11.8. The quantitative estimate of drug-likeness (QED) is 0.624. The van der Waals surface area contributed by atoms with Crippen LogP contribution in [0.5, 0.6) is 0 Å². The van der Waals surface area contributed by atoms with Crippen molar-refractivity contribution in [3.05, 3.63) is 65.9 Å². The van der Waals surface area contributed by atoms with E-state index in [0.29, 0.717) is 0 Å². The Bertz CT molecular complexity index is 685. The maximum Gasteiger partial charge on any atom is 0.0457 e. The first-order chi connectivity index (χ1) is 9.33. The van der Waals surface area contributed by atoms with Gasteiger partial charge in [0.05, 0.1) is 0 Å². The van der Waals surface area contributed by atoms with E-state index in [-0.39, 0.29) is 0 Å². The maximum absolute atomic E-state index is 5.77. The fraction of sp³-hybridized carbons (Fsp3) is 0.125. The highest BCUT2D eigenvalue weighted by atomic mass is 14.9. The number of aromatic amines is 1. The van der Waals surface area contributed by atoms with Crippen molar-refractivity contribution in [3.8, 4) is 0 Å². The van der Waals surface area contributed by atoms with Gasteiger partial charge in [0.15, 0.2) is 0 Å². The summed E-state index contributed by atoms with van der Waals surface area (Å²) in [4.78, 5) is 3.29. The molecule has 0 bridgehead atoms. The van der Waals surface area contributed by atoms with E-state index in [1.165, 1.54) is 22.0 Å². The number of anilines is 1. The fourth-order valence-corrected chi connectivity index (χ4v) is 2.32. The van der Waals surface area contributed by atoms with Crippen LogP contribution in [-0.4, -0.2) is 4.98 Å². The Morgan fingerprint density at radius 3 is 2.79 bits per heavy atom. The lowest BCUT2D eigenvalue weighted by Gasteiger charge is -2.05. The SMILES string of the molecule is Nc1cccc(CNCc2c[nH]c3ccccc23)c1. The van der Waals surface area contributed by atoms with Gasteiger partial charge in [0.2, 0.25) is 0 Å². The minimum Gasteiger partial charge on any atom is -0.399 e. The van der Waals surface area contributed by atoms with E-state index >= 15 is 0 Å². The van der Waals surface area contributed by atoms with Crippen molar-refractivity contribution in [1.82, 2.24) is 10.3 Å². The normalized spacial score (nSPS) is 10.9. The summed E-state index contributed by atoms with van der Waals surface area (Å²) >= 11 is 0. The first-order valence-electron chi connectivity index (χ1n) is 6.43. The molecule has 3 nitrogen and oxygen atoms in total. The van der Waals surface area contributed by atoms with Crippen LogP contribution in [0, 0.1) is 0 Å².